The van der Waals surface area contributed by atoms with Crippen LogP contribution in [-0.2, 0) is 10.9 Å². The lowest BCUT2D eigenvalue weighted by Crippen LogP contribution is -2.27. The Morgan fingerprint density at radius 2 is 1.91 bits per heavy atom. The van der Waals surface area contributed by atoms with E-state index in [0.29, 0.717) is 25.2 Å². The average Bonchev–Trinajstić information content (AvgIpc) is 2.79. The smallest absolute Gasteiger partial charge is 0.419 e. The third-order valence-corrected chi connectivity index (χ3v) is 5.53. The van der Waals surface area contributed by atoms with Gasteiger partial charge in [-0.1, -0.05) is 12.1 Å². The number of esters is 1. The molecule has 2 aromatic carbocycles. The molecule has 1 aliphatic rings. The van der Waals surface area contributed by atoms with Gasteiger partial charge in [-0.2, -0.15) is 13.2 Å². The van der Waals surface area contributed by atoms with E-state index in [1.165, 1.54) is 30.3 Å². The number of hydrogen-bond acceptors (Lipinski definition) is 4. The molecule has 1 fully saturated rings. The maximum absolute atomic E-state index is 15.0. The van der Waals surface area contributed by atoms with E-state index >= 15 is 0 Å². The number of alkyl halides is 3. The molecule has 2 aromatic rings. The Balaban J connectivity index is 1.81. The van der Waals surface area contributed by atoms with E-state index < -0.39 is 35.2 Å². The molecule has 0 N–H and O–H groups in total. The Morgan fingerprint density at radius 3 is 2.48 bits per heavy atom. The quantitative estimate of drug-likeness (QED) is 0.188. The van der Waals surface area contributed by atoms with Crippen molar-refractivity contribution in [3.8, 4) is 11.5 Å². The van der Waals surface area contributed by atoms with E-state index in [9.17, 15) is 22.4 Å². The van der Waals surface area contributed by atoms with E-state index in [2.05, 4.69) is 6.58 Å². The first-order chi connectivity index (χ1) is 15.7. The monoisotopic (exact) mass is 466 g/mol. The Labute approximate surface area is 190 Å². The number of hydrogen-bond donors (Lipinski definition) is 0. The van der Waals surface area contributed by atoms with Crippen LogP contribution >= 0.6 is 0 Å². The van der Waals surface area contributed by atoms with Crippen molar-refractivity contribution in [2.45, 2.75) is 50.8 Å². The van der Waals surface area contributed by atoms with Gasteiger partial charge in [0.2, 0.25) is 0 Å². The fourth-order valence-electron chi connectivity index (χ4n) is 3.87. The molecule has 0 saturated carbocycles. The van der Waals surface area contributed by atoms with Crippen LogP contribution in [0.25, 0.3) is 0 Å². The lowest BCUT2D eigenvalue weighted by molar-refractivity contribution is -0.141. The van der Waals surface area contributed by atoms with Gasteiger partial charge in [-0.3, -0.25) is 0 Å². The minimum absolute atomic E-state index is 0.0484. The molecular formula is C25H26F4O4. The highest BCUT2D eigenvalue weighted by Crippen LogP contribution is 2.43. The second-order valence-corrected chi connectivity index (χ2v) is 7.78. The first-order valence-corrected chi connectivity index (χ1v) is 10.8. The number of carbonyl (C=O) groups is 1. The second kappa shape index (κ2) is 10.8. The van der Waals surface area contributed by atoms with E-state index in [0.717, 1.165) is 18.9 Å². The summed E-state index contributed by atoms with van der Waals surface area (Å²) in [5.74, 6) is -3.43. The van der Waals surface area contributed by atoms with E-state index in [1.54, 1.807) is 13.0 Å². The molecular weight excluding hydrogens is 440 g/mol. The highest BCUT2D eigenvalue weighted by molar-refractivity contribution is 5.91. The molecule has 33 heavy (non-hydrogen) atoms. The largest absolute Gasteiger partial charge is 0.494 e. The highest BCUT2D eigenvalue weighted by Gasteiger charge is 2.41. The molecule has 4 nitrogen and oxygen atoms in total. The van der Waals surface area contributed by atoms with E-state index in [1.807, 2.05) is 0 Å². The summed E-state index contributed by atoms with van der Waals surface area (Å²) >= 11 is 0. The van der Waals surface area contributed by atoms with Crippen molar-refractivity contribution in [1.82, 2.24) is 0 Å². The van der Waals surface area contributed by atoms with Crippen LogP contribution in [0.3, 0.4) is 0 Å². The van der Waals surface area contributed by atoms with Crippen LogP contribution in [0.1, 0.15) is 60.0 Å². The summed E-state index contributed by atoms with van der Waals surface area (Å²) in [5, 5.41) is 0. The van der Waals surface area contributed by atoms with Gasteiger partial charge in [0.1, 0.15) is 5.75 Å². The highest BCUT2D eigenvalue weighted by atomic mass is 19.4. The van der Waals surface area contributed by atoms with E-state index in [4.69, 9.17) is 14.2 Å². The summed E-state index contributed by atoms with van der Waals surface area (Å²) < 4.78 is 72.4. The van der Waals surface area contributed by atoms with Crippen LogP contribution < -0.4 is 9.47 Å². The molecule has 178 valence electrons. The van der Waals surface area contributed by atoms with Crippen molar-refractivity contribution in [1.29, 1.82) is 0 Å². The summed E-state index contributed by atoms with van der Waals surface area (Å²) in [7, 11) is 0. The van der Waals surface area contributed by atoms with Crippen LogP contribution in [0.2, 0.25) is 0 Å². The number of ether oxygens (including phenoxy) is 3. The van der Waals surface area contributed by atoms with Gasteiger partial charge in [-0.25, -0.2) is 9.18 Å². The minimum Gasteiger partial charge on any atom is -0.494 e. The van der Waals surface area contributed by atoms with E-state index in [-0.39, 0.29) is 23.8 Å². The van der Waals surface area contributed by atoms with Crippen molar-refractivity contribution in [3.63, 3.8) is 0 Å². The minimum atomic E-state index is -4.96. The van der Waals surface area contributed by atoms with Gasteiger partial charge in [0.05, 0.1) is 30.4 Å². The Hall–Kier alpha value is -2.87. The lowest BCUT2D eigenvalue weighted by atomic mass is 9.87. The molecule has 0 spiro atoms. The third kappa shape index (κ3) is 6.13. The number of rotatable bonds is 8. The van der Waals surface area contributed by atoms with Gasteiger partial charge < -0.3 is 14.2 Å². The predicted molar refractivity (Wildman–Crippen MR) is 115 cm³/mol. The van der Waals surface area contributed by atoms with Crippen molar-refractivity contribution in [2.75, 3.05) is 13.2 Å². The maximum Gasteiger partial charge on any atom is 0.419 e. The number of allylic oxidation sites excluding steroid dienone is 1. The predicted octanol–water partition coefficient (Wildman–Crippen LogP) is 6.69. The number of benzene rings is 2. The molecule has 1 saturated heterocycles. The average molecular weight is 466 g/mol. The molecule has 0 aliphatic carbocycles. The summed E-state index contributed by atoms with van der Waals surface area (Å²) in [6, 6.07) is 8.07. The van der Waals surface area contributed by atoms with Crippen LogP contribution in [0, 0.1) is 5.82 Å². The molecule has 0 amide bonds. The van der Waals surface area contributed by atoms with Gasteiger partial charge in [0.15, 0.2) is 11.6 Å². The van der Waals surface area contributed by atoms with Crippen LogP contribution in [0.4, 0.5) is 17.6 Å². The third-order valence-electron chi connectivity index (χ3n) is 5.53. The Kier molecular flexibility index (Phi) is 8.13. The molecule has 8 heteroatoms. The summed E-state index contributed by atoms with van der Waals surface area (Å²) in [6.07, 6.45) is -0.723. The van der Waals surface area contributed by atoms with Crippen molar-refractivity contribution >= 4 is 5.97 Å². The van der Waals surface area contributed by atoms with Gasteiger partial charge >= 0.3 is 12.1 Å². The molecule has 0 bridgehead atoms. The molecule has 1 heterocycles. The SMILES string of the molecule is C=CCCC1CCC(c2ccc(OC(=O)c3ccc(OCC)cc3)c(F)c2C(F)(F)F)CO1. The normalized spacial score (nSPS) is 18.6. The summed E-state index contributed by atoms with van der Waals surface area (Å²) in [4.78, 5) is 12.4. The zero-order valence-corrected chi connectivity index (χ0v) is 18.3. The molecule has 0 aromatic heterocycles. The fourth-order valence-corrected chi connectivity index (χ4v) is 3.87. The van der Waals surface area contributed by atoms with Crippen LogP contribution in [0.15, 0.2) is 49.1 Å². The Bertz CT molecular complexity index is 962. The van der Waals surface area contributed by atoms with Gasteiger partial charge in [0.25, 0.3) is 0 Å². The van der Waals surface area contributed by atoms with Crippen LogP contribution in [-0.4, -0.2) is 25.3 Å². The zero-order valence-electron chi connectivity index (χ0n) is 18.3. The summed E-state index contributed by atoms with van der Waals surface area (Å²) in [5.41, 5.74) is -1.55. The first kappa shape index (κ1) is 24.8. The second-order valence-electron chi connectivity index (χ2n) is 7.78. The molecule has 2 unspecified atom stereocenters. The molecule has 2 atom stereocenters. The standard InChI is InChI=1S/C25H26F4O4/c1-3-5-6-18-12-9-17(15-32-18)20-13-14-21(23(26)22(20)25(27,28)29)33-24(30)16-7-10-19(11-8-16)31-4-2/h3,7-8,10-11,13-14,17-18H,1,4-6,9,12,15H2,2H3. The lowest BCUT2D eigenvalue weighted by Gasteiger charge is -2.31. The maximum atomic E-state index is 15.0. The molecule has 3 rings (SSSR count). The topological polar surface area (TPSA) is 44.8 Å². The number of halogens is 4. The summed E-state index contributed by atoms with van der Waals surface area (Å²) in [6.45, 7) is 5.95. The van der Waals surface area contributed by atoms with Gasteiger partial charge in [0, 0.05) is 5.92 Å². The zero-order chi connectivity index (χ0) is 24.0. The fraction of sp³-hybridized carbons (Fsp3) is 0.400. The van der Waals surface area contributed by atoms with Crippen molar-refractivity contribution in [2.24, 2.45) is 0 Å². The first-order valence-electron chi connectivity index (χ1n) is 10.8. The van der Waals surface area contributed by atoms with Gasteiger partial charge in [-0.15, -0.1) is 6.58 Å². The molecule has 0 radical (unpaired) electrons. The van der Waals surface area contributed by atoms with Crippen molar-refractivity contribution < 1.29 is 36.6 Å². The molecule has 1 aliphatic heterocycles. The van der Waals surface area contributed by atoms with Crippen LogP contribution in [0.5, 0.6) is 11.5 Å². The number of carbonyl (C=O) groups excluding carboxylic acids is 1. The Morgan fingerprint density at radius 1 is 1.18 bits per heavy atom. The van der Waals surface area contributed by atoms with Crippen molar-refractivity contribution in [3.05, 3.63) is 71.6 Å². The van der Waals surface area contributed by atoms with Gasteiger partial charge in [-0.05, 0) is 68.5 Å².